The second-order valence-electron chi connectivity index (χ2n) is 7.02. The molecule has 5 atom stereocenters. The number of amides is 1. The topological polar surface area (TPSA) is 116 Å². The minimum Gasteiger partial charge on any atom is -0.479 e. The number of carboxylic acid groups (broad SMARTS) is 1. The van der Waals surface area contributed by atoms with Gasteiger partial charge in [0, 0.05) is 6.42 Å². The van der Waals surface area contributed by atoms with Crippen LogP contribution in [0.4, 0.5) is 0 Å². The Morgan fingerprint density at radius 2 is 1.71 bits per heavy atom. The summed E-state index contributed by atoms with van der Waals surface area (Å²) >= 11 is 0. The van der Waals surface area contributed by atoms with E-state index >= 15 is 0 Å². The van der Waals surface area contributed by atoms with Crippen molar-refractivity contribution in [3.63, 3.8) is 0 Å². The van der Waals surface area contributed by atoms with Crippen LogP contribution in [0.2, 0.25) is 0 Å². The van der Waals surface area contributed by atoms with E-state index in [0.29, 0.717) is 12.3 Å². The number of aliphatic hydroxyl groups excluding tert-OH is 2. The zero-order chi connectivity index (χ0) is 18.3. The molecule has 24 heavy (non-hydrogen) atoms. The van der Waals surface area contributed by atoms with E-state index in [1.54, 1.807) is 6.92 Å². The number of carbonyl (C=O) groups excluding carboxylic acids is 1. The monoisotopic (exact) mass is 345 g/mol. The third kappa shape index (κ3) is 6.37. The minimum absolute atomic E-state index is 0.223. The molecule has 1 rings (SSSR count). The molecule has 0 aromatic heterocycles. The van der Waals surface area contributed by atoms with Crippen molar-refractivity contribution in [2.45, 2.75) is 89.8 Å². The van der Waals surface area contributed by atoms with E-state index in [9.17, 15) is 19.8 Å². The summed E-state index contributed by atoms with van der Waals surface area (Å²) in [5, 5.41) is 31.5. The molecule has 0 aromatic rings. The number of rotatable bonds is 9. The lowest BCUT2D eigenvalue weighted by atomic mass is 9.93. The molecule has 0 aliphatic carbocycles. The zero-order valence-electron chi connectivity index (χ0n) is 14.8. The van der Waals surface area contributed by atoms with Crippen LogP contribution < -0.4 is 5.32 Å². The van der Waals surface area contributed by atoms with Crippen LogP contribution in [0.15, 0.2) is 0 Å². The normalized spacial score (nSPS) is 30.3. The highest BCUT2D eigenvalue weighted by molar-refractivity contribution is 5.77. The molecular weight excluding hydrogens is 314 g/mol. The van der Waals surface area contributed by atoms with Crippen molar-refractivity contribution in [1.82, 2.24) is 5.32 Å². The number of hydrogen-bond donors (Lipinski definition) is 4. The van der Waals surface area contributed by atoms with Crippen LogP contribution in [-0.2, 0) is 14.3 Å². The fourth-order valence-corrected chi connectivity index (χ4v) is 2.92. The van der Waals surface area contributed by atoms with Crippen molar-refractivity contribution < 1.29 is 29.6 Å². The molecule has 0 spiro atoms. The maximum atomic E-state index is 12.0. The predicted molar refractivity (Wildman–Crippen MR) is 88.5 cm³/mol. The van der Waals surface area contributed by atoms with Gasteiger partial charge >= 0.3 is 5.97 Å². The number of aliphatic hydroxyl groups is 2. The summed E-state index contributed by atoms with van der Waals surface area (Å²) in [7, 11) is 0. The maximum Gasteiger partial charge on any atom is 0.335 e. The number of carboxylic acids is 1. The fourth-order valence-electron chi connectivity index (χ4n) is 2.92. The van der Waals surface area contributed by atoms with E-state index in [1.807, 2.05) is 0 Å². The van der Waals surface area contributed by atoms with Crippen LogP contribution in [0.5, 0.6) is 0 Å². The second kappa shape index (κ2) is 9.96. The number of ether oxygens (including phenoxy) is 1. The van der Waals surface area contributed by atoms with Crippen LogP contribution in [0.25, 0.3) is 0 Å². The highest BCUT2D eigenvalue weighted by Gasteiger charge is 2.46. The molecule has 140 valence electrons. The molecule has 1 saturated heterocycles. The summed E-state index contributed by atoms with van der Waals surface area (Å²) in [6.45, 7) is 5.95. The molecule has 0 saturated carbocycles. The Bertz CT molecular complexity index is 414. The average molecular weight is 345 g/mol. The van der Waals surface area contributed by atoms with Crippen LogP contribution in [0.1, 0.15) is 59.3 Å². The first-order chi connectivity index (χ1) is 11.2. The van der Waals surface area contributed by atoms with Gasteiger partial charge in [0.05, 0.1) is 12.1 Å². The van der Waals surface area contributed by atoms with Gasteiger partial charge in [-0.15, -0.1) is 0 Å². The van der Waals surface area contributed by atoms with Gasteiger partial charge in [-0.3, -0.25) is 4.79 Å². The van der Waals surface area contributed by atoms with Gasteiger partial charge in [0.25, 0.3) is 0 Å². The SMILES string of the molecule is CC(C)CCCCCCC(=O)NC1[C@H](C)OC(C(=O)O)[C@@H](O)[C@@H]1O. The highest BCUT2D eigenvalue weighted by atomic mass is 16.5. The maximum absolute atomic E-state index is 12.0. The summed E-state index contributed by atoms with van der Waals surface area (Å²) < 4.78 is 5.20. The van der Waals surface area contributed by atoms with Crippen molar-refractivity contribution >= 4 is 11.9 Å². The smallest absolute Gasteiger partial charge is 0.335 e. The molecule has 0 radical (unpaired) electrons. The lowest BCUT2D eigenvalue weighted by Crippen LogP contribution is -2.64. The Hall–Kier alpha value is -1.18. The van der Waals surface area contributed by atoms with Crippen molar-refractivity contribution in [2.24, 2.45) is 5.92 Å². The number of unbranched alkanes of at least 4 members (excludes halogenated alkanes) is 3. The second-order valence-corrected chi connectivity index (χ2v) is 7.02. The van der Waals surface area contributed by atoms with Gasteiger partial charge in [0.2, 0.25) is 5.91 Å². The van der Waals surface area contributed by atoms with Crippen LogP contribution in [0, 0.1) is 5.92 Å². The molecule has 1 aliphatic rings. The van der Waals surface area contributed by atoms with Crippen LogP contribution >= 0.6 is 0 Å². The van der Waals surface area contributed by atoms with Crippen molar-refractivity contribution in [3.8, 4) is 0 Å². The summed E-state index contributed by atoms with van der Waals surface area (Å²) in [6.07, 6.45) is 0.414. The Balaban J connectivity index is 2.34. The van der Waals surface area contributed by atoms with Gasteiger partial charge in [0.15, 0.2) is 6.10 Å². The van der Waals surface area contributed by atoms with Crippen molar-refractivity contribution in [2.75, 3.05) is 0 Å². The summed E-state index contributed by atoms with van der Waals surface area (Å²) in [4.78, 5) is 23.0. The van der Waals surface area contributed by atoms with Crippen LogP contribution in [-0.4, -0.2) is 57.7 Å². The Morgan fingerprint density at radius 1 is 1.08 bits per heavy atom. The van der Waals surface area contributed by atoms with Gasteiger partial charge in [-0.1, -0.05) is 39.5 Å². The van der Waals surface area contributed by atoms with Gasteiger partial charge in [-0.05, 0) is 19.3 Å². The zero-order valence-corrected chi connectivity index (χ0v) is 14.8. The van der Waals surface area contributed by atoms with Crippen molar-refractivity contribution in [1.29, 1.82) is 0 Å². The third-order valence-electron chi connectivity index (χ3n) is 4.40. The number of carbonyl (C=O) groups is 2. The fraction of sp³-hybridized carbons (Fsp3) is 0.882. The highest BCUT2D eigenvalue weighted by Crippen LogP contribution is 2.21. The molecule has 7 nitrogen and oxygen atoms in total. The summed E-state index contributed by atoms with van der Waals surface area (Å²) in [5.41, 5.74) is 0. The number of aliphatic carboxylic acids is 1. The van der Waals surface area contributed by atoms with E-state index in [0.717, 1.165) is 25.7 Å². The minimum atomic E-state index is -1.57. The van der Waals surface area contributed by atoms with E-state index in [-0.39, 0.29) is 5.91 Å². The van der Waals surface area contributed by atoms with Gasteiger partial charge < -0.3 is 25.4 Å². The first-order valence-corrected chi connectivity index (χ1v) is 8.77. The first kappa shape index (κ1) is 20.9. The molecular formula is C17H31NO6. The van der Waals surface area contributed by atoms with Crippen LogP contribution in [0.3, 0.4) is 0 Å². The number of hydrogen-bond acceptors (Lipinski definition) is 5. The average Bonchev–Trinajstić information content (AvgIpc) is 2.50. The predicted octanol–water partition coefficient (Wildman–Crippen LogP) is 1.06. The Morgan fingerprint density at radius 3 is 2.29 bits per heavy atom. The van der Waals surface area contributed by atoms with E-state index in [4.69, 9.17) is 9.84 Å². The molecule has 1 fully saturated rings. The molecule has 1 aliphatic heterocycles. The standard InChI is InChI=1S/C17H31NO6/c1-10(2)8-6-4-5-7-9-12(19)18-13-11(3)24-16(17(22)23)15(21)14(13)20/h10-11,13-16,20-21H,4-9H2,1-3H3,(H,18,19)(H,22,23)/t11-,13?,14+,15-,16?/m0/s1. The molecule has 1 heterocycles. The third-order valence-corrected chi connectivity index (χ3v) is 4.40. The molecule has 4 N–H and O–H groups in total. The van der Waals surface area contributed by atoms with E-state index < -0.39 is 36.4 Å². The van der Waals surface area contributed by atoms with Gasteiger partial charge in [0.1, 0.15) is 12.2 Å². The molecule has 1 amide bonds. The molecule has 0 bridgehead atoms. The van der Waals surface area contributed by atoms with Crippen molar-refractivity contribution in [3.05, 3.63) is 0 Å². The molecule has 2 unspecified atom stereocenters. The first-order valence-electron chi connectivity index (χ1n) is 8.77. The summed E-state index contributed by atoms with van der Waals surface area (Å²) in [5.74, 6) is -0.859. The number of nitrogens with one attached hydrogen (secondary N) is 1. The quantitative estimate of drug-likeness (QED) is 0.464. The Kier molecular flexibility index (Phi) is 8.66. The summed E-state index contributed by atoms with van der Waals surface area (Å²) in [6, 6.07) is -0.816. The van der Waals surface area contributed by atoms with Gasteiger partial charge in [-0.2, -0.15) is 0 Å². The Labute approximate surface area is 143 Å². The molecule has 7 heteroatoms. The van der Waals surface area contributed by atoms with Gasteiger partial charge in [-0.25, -0.2) is 4.79 Å². The largest absolute Gasteiger partial charge is 0.479 e. The van der Waals surface area contributed by atoms with E-state index in [1.165, 1.54) is 6.42 Å². The lowest BCUT2D eigenvalue weighted by molar-refractivity contribution is -0.199. The lowest BCUT2D eigenvalue weighted by Gasteiger charge is -2.40. The van der Waals surface area contributed by atoms with E-state index in [2.05, 4.69) is 19.2 Å². The molecule has 0 aromatic carbocycles.